The van der Waals surface area contributed by atoms with E-state index in [1.807, 2.05) is 31.2 Å². The molecule has 2 N–H and O–H groups in total. The molecular formula is C34H42N2O8. The molecule has 3 atom stereocenters. The first-order valence-corrected chi connectivity index (χ1v) is 14.6. The number of ether oxygens (including phenoxy) is 4. The minimum absolute atomic E-state index is 0.0338. The second-order valence-corrected chi connectivity index (χ2v) is 12.0. The highest BCUT2D eigenvalue weighted by atomic mass is 16.5. The van der Waals surface area contributed by atoms with Crippen molar-refractivity contribution >= 4 is 11.9 Å². The van der Waals surface area contributed by atoms with Gasteiger partial charge in [0.25, 0.3) is 11.1 Å². The molecule has 2 aromatic rings. The molecule has 10 heteroatoms. The Kier molecular flexibility index (Phi) is 10.8. The topological polar surface area (TPSA) is 120 Å². The van der Waals surface area contributed by atoms with E-state index >= 15 is 0 Å². The van der Waals surface area contributed by atoms with Crippen molar-refractivity contribution in [1.82, 2.24) is 0 Å². The number of nitrogens with zero attached hydrogens (tertiary/aromatic N) is 2. The fourth-order valence-electron chi connectivity index (χ4n) is 6.40. The minimum Gasteiger partial charge on any atom is -0.493 e. The molecule has 2 fully saturated rings. The molecule has 2 aliphatic carbocycles. The second kappa shape index (κ2) is 13.9. The SMILES string of the molecule is [C-]#[N+]C1(c2ccc(OC)c(OC)c2)CCC(C(=O)O)C(C)C1.[C-]#[N+]C1(c2ccc(OC)c(OC)c2)CCC(C)(C(=O)O)CC1. The van der Waals surface area contributed by atoms with Crippen LogP contribution in [-0.4, -0.2) is 50.6 Å². The Bertz CT molecular complexity index is 1430. The number of carboxylic acids is 2. The Morgan fingerprint density at radius 1 is 0.750 bits per heavy atom. The van der Waals surface area contributed by atoms with Crippen LogP contribution in [0, 0.1) is 30.4 Å². The number of hydrogen-bond donors (Lipinski definition) is 2. The number of aliphatic carboxylic acids is 2. The quantitative estimate of drug-likeness (QED) is 0.314. The fourth-order valence-corrected chi connectivity index (χ4v) is 6.40. The van der Waals surface area contributed by atoms with Crippen LogP contribution >= 0.6 is 0 Å². The molecule has 2 aliphatic rings. The Hall–Kier alpha value is -4.44. The van der Waals surface area contributed by atoms with Crippen LogP contribution in [0.3, 0.4) is 0 Å². The average Bonchev–Trinajstić information content (AvgIpc) is 3.04. The van der Waals surface area contributed by atoms with E-state index in [9.17, 15) is 19.8 Å². The van der Waals surface area contributed by atoms with E-state index in [1.165, 1.54) is 0 Å². The molecule has 0 aliphatic heterocycles. The zero-order valence-corrected chi connectivity index (χ0v) is 26.3. The number of hydrogen-bond acceptors (Lipinski definition) is 6. The lowest BCUT2D eigenvalue weighted by atomic mass is 9.66. The maximum Gasteiger partial charge on any atom is 0.309 e. The van der Waals surface area contributed by atoms with E-state index < -0.39 is 28.4 Å². The van der Waals surface area contributed by atoms with Gasteiger partial charge < -0.3 is 38.9 Å². The molecule has 0 radical (unpaired) electrons. The van der Waals surface area contributed by atoms with Crippen LogP contribution in [0.4, 0.5) is 0 Å². The minimum atomic E-state index is -0.779. The highest BCUT2D eigenvalue weighted by Crippen LogP contribution is 2.50. The first-order valence-electron chi connectivity index (χ1n) is 14.6. The highest BCUT2D eigenvalue weighted by molar-refractivity contribution is 5.74. The summed E-state index contributed by atoms with van der Waals surface area (Å²) in [5.74, 6) is 0.488. The molecule has 236 valence electrons. The summed E-state index contributed by atoms with van der Waals surface area (Å²) in [6.07, 6.45) is 3.69. The maximum absolute atomic E-state index is 11.4. The average molecular weight is 607 g/mol. The Balaban J connectivity index is 0.000000240. The van der Waals surface area contributed by atoms with Gasteiger partial charge in [0, 0.05) is 36.8 Å². The van der Waals surface area contributed by atoms with Gasteiger partial charge in [-0.1, -0.05) is 6.92 Å². The van der Waals surface area contributed by atoms with E-state index in [4.69, 9.17) is 32.1 Å². The number of carboxylic acid groups (broad SMARTS) is 2. The molecule has 44 heavy (non-hydrogen) atoms. The summed E-state index contributed by atoms with van der Waals surface area (Å²) in [5.41, 5.74) is -0.340. The van der Waals surface area contributed by atoms with Crippen molar-refractivity contribution in [2.75, 3.05) is 28.4 Å². The van der Waals surface area contributed by atoms with Crippen LogP contribution in [0.5, 0.6) is 23.0 Å². The lowest BCUT2D eigenvalue weighted by molar-refractivity contribution is -0.150. The van der Waals surface area contributed by atoms with Gasteiger partial charge in [0.2, 0.25) is 0 Å². The van der Waals surface area contributed by atoms with Gasteiger partial charge in [-0.3, -0.25) is 9.59 Å². The van der Waals surface area contributed by atoms with Gasteiger partial charge in [-0.2, -0.15) is 0 Å². The zero-order valence-electron chi connectivity index (χ0n) is 26.3. The molecule has 0 saturated heterocycles. The standard InChI is InChI=1S/2C17H21NO4/c1-16(15(19)20)7-9-17(18-2,10-8-16)12-5-6-13(21-3)14(11-12)22-4;1-11-10-17(18-2,8-7-13(11)16(19)20)12-5-6-14(21-3)15(9-12)22-4/h5-6,11H,7-10H2,1,3-4H3,(H,19,20);5-6,9,11,13H,7-8,10H2,1,3-4H3,(H,19,20). The molecule has 0 amide bonds. The predicted molar refractivity (Wildman–Crippen MR) is 164 cm³/mol. The van der Waals surface area contributed by atoms with Crippen LogP contribution in [0.1, 0.15) is 69.9 Å². The molecule has 2 aromatic carbocycles. The third-order valence-electron chi connectivity index (χ3n) is 9.50. The van der Waals surface area contributed by atoms with Gasteiger partial charge >= 0.3 is 11.9 Å². The molecule has 0 heterocycles. The van der Waals surface area contributed by atoms with E-state index in [-0.39, 0.29) is 11.8 Å². The van der Waals surface area contributed by atoms with E-state index in [0.717, 1.165) is 11.1 Å². The number of benzene rings is 2. The lowest BCUT2D eigenvalue weighted by Gasteiger charge is -2.36. The third kappa shape index (κ3) is 6.70. The van der Waals surface area contributed by atoms with Crippen LogP contribution in [0.15, 0.2) is 36.4 Å². The molecule has 4 rings (SSSR count). The molecule has 10 nitrogen and oxygen atoms in total. The first-order chi connectivity index (χ1) is 20.9. The predicted octanol–water partition coefficient (Wildman–Crippen LogP) is 6.82. The maximum atomic E-state index is 11.4. The molecule has 0 spiro atoms. The van der Waals surface area contributed by atoms with Crippen LogP contribution in [0.2, 0.25) is 0 Å². The van der Waals surface area contributed by atoms with Crippen molar-refractivity contribution in [2.24, 2.45) is 17.3 Å². The van der Waals surface area contributed by atoms with Crippen LogP contribution < -0.4 is 18.9 Å². The van der Waals surface area contributed by atoms with E-state index in [0.29, 0.717) is 67.9 Å². The van der Waals surface area contributed by atoms with E-state index in [1.54, 1.807) is 47.5 Å². The summed E-state index contributed by atoms with van der Waals surface area (Å²) in [4.78, 5) is 30.4. The second-order valence-electron chi connectivity index (χ2n) is 12.0. The van der Waals surface area contributed by atoms with Crippen molar-refractivity contribution in [2.45, 2.75) is 69.9 Å². The lowest BCUT2D eigenvalue weighted by Crippen LogP contribution is -2.38. The monoisotopic (exact) mass is 606 g/mol. The molecule has 0 aromatic heterocycles. The summed E-state index contributed by atoms with van der Waals surface area (Å²) in [7, 11) is 6.27. The molecular weight excluding hydrogens is 564 g/mol. The highest BCUT2D eigenvalue weighted by Gasteiger charge is 2.50. The Morgan fingerprint density at radius 2 is 1.20 bits per heavy atom. The molecule has 0 bridgehead atoms. The van der Waals surface area contributed by atoms with Crippen molar-refractivity contribution in [3.63, 3.8) is 0 Å². The van der Waals surface area contributed by atoms with Crippen LogP contribution in [-0.2, 0) is 20.7 Å². The van der Waals surface area contributed by atoms with Crippen molar-refractivity contribution in [3.8, 4) is 23.0 Å². The summed E-state index contributed by atoms with van der Waals surface area (Å²) in [6.45, 7) is 19.0. The largest absolute Gasteiger partial charge is 0.493 e. The van der Waals surface area contributed by atoms with Crippen molar-refractivity contribution in [1.29, 1.82) is 0 Å². The number of rotatable bonds is 8. The normalized spacial score (nSPS) is 27.7. The van der Waals surface area contributed by atoms with E-state index in [2.05, 4.69) is 9.69 Å². The van der Waals surface area contributed by atoms with Gasteiger partial charge in [-0.15, -0.1) is 0 Å². The number of carbonyl (C=O) groups is 2. The fraction of sp³-hybridized carbons (Fsp3) is 0.529. The smallest absolute Gasteiger partial charge is 0.309 e. The molecule has 2 saturated carbocycles. The van der Waals surface area contributed by atoms with Gasteiger partial charge in [0.05, 0.1) is 39.8 Å². The van der Waals surface area contributed by atoms with Gasteiger partial charge in [0.1, 0.15) is 0 Å². The Morgan fingerprint density at radius 3 is 1.57 bits per heavy atom. The van der Waals surface area contributed by atoms with Crippen LogP contribution in [0.25, 0.3) is 9.69 Å². The summed E-state index contributed by atoms with van der Waals surface area (Å²) in [5, 5.41) is 18.6. The summed E-state index contributed by atoms with van der Waals surface area (Å²) in [6, 6.07) is 11.0. The molecule has 3 unspecified atom stereocenters. The zero-order chi connectivity index (χ0) is 32.7. The van der Waals surface area contributed by atoms with Gasteiger partial charge in [-0.25, -0.2) is 13.1 Å². The van der Waals surface area contributed by atoms with Gasteiger partial charge in [-0.05, 0) is 68.5 Å². The van der Waals surface area contributed by atoms with Gasteiger partial charge in [0.15, 0.2) is 23.0 Å². The summed E-state index contributed by atoms with van der Waals surface area (Å²) < 4.78 is 21.1. The number of methoxy groups -OCH3 is 4. The van der Waals surface area contributed by atoms with Crippen molar-refractivity contribution in [3.05, 3.63) is 70.4 Å². The van der Waals surface area contributed by atoms with Crippen molar-refractivity contribution < 1.29 is 38.7 Å². The Labute approximate surface area is 259 Å². The third-order valence-corrected chi connectivity index (χ3v) is 9.50. The first kappa shape index (κ1) is 34.1. The summed E-state index contributed by atoms with van der Waals surface area (Å²) >= 11 is 0.